The van der Waals surface area contributed by atoms with Gasteiger partial charge >= 0.3 is 0 Å². The molecule has 2 saturated heterocycles. The number of benzene rings is 4. The first kappa shape index (κ1) is 88.4. The Balaban J connectivity index is 0.000000109. The van der Waals surface area contributed by atoms with Crippen molar-refractivity contribution in [1.82, 2.24) is 95.6 Å². The number of hydrogen-bond acceptors (Lipinski definition) is 25. The maximum Gasteiger partial charge on any atom is 0.176 e. The van der Waals surface area contributed by atoms with Crippen molar-refractivity contribution in [2.45, 2.75) is 198 Å². The fourth-order valence-electron chi connectivity index (χ4n) is 19.2. The molecule has 6 aliphatic rings. The number of rotatable bonds is 20. The van der Waals surface area contributed by atoms with E-state index < -0.39 is 63.7 Å². The Morgan fingerprint density at radius 2 is 0.728 bits per heavy atom. The Bertz CT molecular complexity index is 7390. The zero-order chi connectivity index (χ0) is 94.1. The van der Waals surface area contributed by atoms with Gasteiger partial charge in [0, 0.05) is 106 Å². The van der Waals surface area contributed by atoms with E-state index in [4.69, 9.17) is 47.5 Å². The number of ether oxygens (including phenoxy) is 2. The van der Waals surface area contributed by atoms with Crippen LogP contribution in [0, 0.1) is 91.4 Å². The Kier molecular flexibility index (Phi) is 22.5. The molecule has 0 spiro atoms. The number of nitrogens with one attached hydrogen (secondary N) is 4. The maximum atomic E-state index is 16.1. The molecule has 8 N–H and O–H groups in total. The van der Waals surface area contributed by atoms with Gasteiger partial charge in [0.2, 0.25) is 0 Å². The monoisotopic (exact) mass is 1840 g/mol. The topological polar surface area (TPSA) is 408 Å². The predicted octanol–water partition coefficient (Wildman–Crippen LogP) is 19.0. The van der Waals surface area contributed by atoms with E-state index in [1.165, 1.54) is 24.3 Å². The van der Waals surface area contributed by atoms with Crippen molar-refractivity contribution in [2.75, 3.05) is 13.2 Å². The van der Waals surface area contributed by atoms with Crippen molar-refractivity contribution in [2.24, 2.45) is 0 Å². The minimum atomic E-state index is -1.96. The van der Waals surface area contributed by atoms with Crippen LogP contribution in [-0.2, 0) is 31.9 Å². The summed E-state index contributed by atoms with van der Waals surface area (Å²) in [6.45, 7) is 17.2. The Morgan fingerprint density at radius 3 is 1.10 bits per heavy atom. The van der Waals surface area contributed by atoms with Gasteiger partial charge in [-0.05, 0) is 248 Å². The normalized spacial score (nSPS) is 17.5. The van der Waals surface area contributed by atoms with Gasteiger partial charge in [-0.2, -0.15) is 10.2 Å². The van der Waals surface area contributed by atoms with Crippen LogP contribution < -0.4 is 0 Å². The largest absolute Gasteiger partial charge is 0.376 e. The molecule has 0 bridgehead atoms. The van der Waals surface area contributed by atoms with Gasteiger partial charge < -0.3 is 67.9 Å². The molecule has 6 fully saturated rings. The van der Waals surface area contributed by atoms with Crippen LogP contribution >= 0.6 is 0 Å². The van der Waals surface area contributed by atoms with Crippen molar-refractivity contribution in [3.63, 3.8) is 0 Å². The summed E-state index contributed by atoms with van der Waals surface area (Å²) in [6, 6.07) is 31.8. The lowest BCUT2D eigenvalue weighted by molar-refractivity contribution is -0.0641. The number of imidazole rings is 4. The van der Waals surface area contributed by atoms with E-state index >= 15 is 13.2 Å². The lowest BCUT2D eigenvalue weighted by Crippen LogP contribution is -2.41. The van der Waals surface area contributed by atoms with E-state index in [0.29, 0.717) is 156 Å². The van der Waals surface area contributed by atoms with Crippen LogP contribution in [0.5, 0.6) is 0 Å². The van der Waals surface area contributed by atoms with E-state index in [1.807, 2.05) is 39.0 Å². The van der Waals surface area contributed by atoms with Gasteiger partial charge in [0.15, 0.2) is 39.9 Å². The molecule has 16 heterocycles. The molecular weight excluding hydrogens is 1750 g/mol. The molecule has 2 aliphatic heterocycles. The third-order valence-corrected chi connectivity index (χ3v) is 26.8. The fraction of sp³-hybridized carbons (Fsp3) is 0.324. The fourth-order valence-corrected chi connectivity index (χ4v) is 19.2. The first-order chi connectivity index (χ1) is 65.7. The molecular formula is C102H94F5N19O10. The summed E-state index contributed by atoms with van der Waals surface area (Å²) in [7, 11) is 0. The minimum Gasteiger partial charge on any atom is -0.376 e. The number of aromatic nitrogens is 19. The van der Waals surface area contributed by atoms with E-state index in [9.17, 15) is 29.2 Å². The van der Waals surface area contributed by atoms with Crippen molar-refractivity contribution in [3.05, 3.63) is 313 Å². The second-order valence-electron chi connectivity index (χ2n) is 36.3. The molecule has 4 aliphatic carbocycles. The molecule has 5 atom stereocenters. The number of aryl methyl sites for hydroxylation is 9. The lowest BCUT2D eigenvalue weighted by atomic mass is 9.81. The summed E-state index contributed by atoms with van der Waals surface area (Å²) in [5.74, 6) is 3.88. The third-order valence-electron chi connectivity index (χ3n) is 26.8. The predicted molar refractivity (Wildman–Crippen MR) is 488 cm³/mol. The molecule has 4 aromatic carbocycles. The van der Waals surface area contributed by atoms with Crippen LogP contribution in [0.1, 0.15) is 232 Å². The van der Waals surface area contributed by atoms with Gasteiger partial charge in [-0.15, -0.1) is 0 Å². The van der Waals surface area contributed by atoms with Crippen LogP contribution in [0.3, 0.4) is 0 Å². The van der Waals surface area contributed by atoms with Crippen molar-refractivity contribution in [1.29, 1.82) is 0 Å². The third kappa shape index (κ3) is 15.6. The van der Waals surface area contributed by atoms with E-state index in [2.05, 4.69) is 75.7 Å². The smallest absolute Gasteiger partial charge is 0.176 e. The summed E-state index contributed by atoms with van der Waals surface area (Å²) >= 11 is 0. The van der Waals surface area contributed by atoms with Gasteiger partial charge in [-0.3, -0.25) is 24.9 Å². The number of halogens is 5. The Hall–Kier alpha value is -14.2. The highest BCUT2D eigenvalue weighted by molar-refractivity contribution is 5.93. The molecule has 34 heteroatoms. The van der Waals surface area contributed by atoms with E-state index in [-0.39, 0.29) is 67.9 Å². The molecule has 4 saturated carbocycles. The highest BCUT2D eigenvalue weighted by Crippen LogP contribution is 2.53. The molecule has 136 heavy (non-hydrogen) atoms. The van der Waals surface area contributed by atoms with Crippen LogP contribution in [0.15, 0.2) is 171 Å². The van der Waals surface area contributed by atoms with Crippen LogP contribution in [0.25, 0.3) is 88.6 Å². The van der Waals surface area contributed by atoms with Crippen LogP contribution in [-0.4, -0.2) is 141 Å². The summed E-state index contributed by atoms with van der Waals surface area (Å²) < 4.78 is 109. The van der Waals surface area contributed by atoms with Gasteiger partial charge in [0.1, 0.15) is 80.2 Å². The average Bonchev–Trinajstić information content (AvgIpc) is 1.68. The van der Waals surface area contributed by atoms with Crippen molar-refractivity contribution >= 4 is 44.1 Å². The van der Waals surface area contributed by atoms with Gasteiger partial charge in [0.25, 0.3) is 0 Å². The number of fused-ring (bicyclic) bond motifs is 4. The highest BCUT2D eigenvalue weighted by Gasteiger charge is 2.51. The quantitative estimate of drug-likeness (QED) is 0.0329. The molecule has 0 amide bonds. The zero-order valence-electron chi connectivity index (χ0n) is 75.6. The number of aliphatic hydroxyl groups is 4. The average molecular weight is 1840 g/mol. The van der Waals surface area contributed by atoms with Crippen molar-refractivity contribution < 1.29 is 69.9 Å². The number of nitrogens with zero attached hydrogens (tertiary/aromatic N) is 15. The molecule has 14 aromatic heterocycles. The van der Waals surface area contributed by atoms with Gasteiger partial charge in [0.05, 0.1) is 120 Å². The second-order valence-corrected chi connectivity index (χ2v) is 36.3. The first-order valence-electron chi connectivity index (χ1n) is 45.5. The van der Waals surface area contributed by atoms with Gasteiger partial charge in [-0.1, -0.05) is 38.8 Å². The van der Waals surface area contributed by atoms with E-state index in [0.717, 1.165) is 122 Å². The maximum absolute atomic E-state index is 16.1. The molecule has 0 radical (unpaired) electrons. The van der Waals surface area contributed by atoms with Crippen LogP contribution in [0.2, 0.25) is 0 Å². The standard InChI is InChI=1S/C27H23F2N5O2.C26H22FN5O2.C25H25FN4O3.C24H24FN5O3/c1-13-4-8-20(30-11-13)27(35,21-9-7-17(28)12-31-21)19-10-18(22-14(2)34-36-15(22)3)23(29)25-24(19)32-26(33-25)16-5-6-16;1-14-21(15(2)34-32-14)17-13-18(23-24(22(17)27)31-25(30-23)16-9-10-16)26(33,19-7-3-5-11-28-19)20-8-4-6-12-29-20;1-13-22(14(2)33-30-13)16-10-18(23-19(11-16)28-24(29-23)15-5-6-15)25(31,21-4-3-9-32-21)20-8-7-17(26)12-27-20;1-12-19(13(2)33-30-12)15-11-16(21-22(20(15)25)28-23(27-21)14-7-8-14)24(31,18-6-4-10-32-18)17-5-3-9-26-29-17/h4,7-12,16,35H,5-6H2,1-3H3,(H,32,33);3-8,11-13,16,33H,9-10H2,1-2H3,(H,30,31);7-8,10-12,15,21,31H,3-6,9H2,1-2H3,(H,28,29);3,5,9,11,14,18,31H,4,6-8,10H2,1-2H3,(H,27,28). The highest BCUT2D eigenvalue weighted by atomic mass is 19.1. The first-order valence-corrected chi connectivity index (χ1v) is 45.5. The summed E-state index contributed by atoms with van der Waals surface area (Å²) in [5, 5.41) is 73.9. The summed E-state index contributed by atoms with van der Waals surface area (Å²) in [5.41, 5.74) is 7.01. The molecule has 5 unspecified atom stereocenters. The Morgan fingerprint density at radius 1 is 0.353 bits per heavy atom. The molecule has 24 rings (SSSR count). The molecule has 18 aromatic rings. The summed E-state index contributed by atoms with van der Waals surface area (Å²) in [4.78, 5) is 54.1. The molecule has 692 valence electrons. The number of hydrogen-bond donors (Lipinski definition) is 8. The zero-order valence-corrected chi connectivity index (χ0v) is 75.6. The van der Waals surface area contributed by atoms with Crippen LogP contribution in [0.4, 0.5) is 22.0 Å². The number of pyridine rings is 5. The summed E-state index contributed by atoms with van der Waals surface area (Å²) in [6.07, 6.45) is 18.5. The minimum absolute atomic E-state index is 0.133. The SMILES string of the molecule is Cc1ccc(C(O)(c2ccc(F)cn2)c2cc(-c3c(C)noc3C)c(F)c3[nH]c(C4CC4)nc23)nc1.Cc1noc(C)c1-c1cc(C(O)(c2ccc(F)cn2)C2CCCO2)c2nc(C3CC3)[nH]c2c1.Cc1noc(C)c1-c1cc(C(O)(c2ccccn2)c2ccccn2)c2nc(C3CC3)[nH]c2c1F.Cc1noc(C)c1-c1cc(C(O)(c2cccnn2)C2CCCO2)c2nc(C3CC3)[nH]c2c1F. The second kappa shape index (κ2) is 34.6. The number of H-pyrrole nitrogens is 4. The number of aromatic amines is 4. The molecule has 29 nitrogen and oxygen atoms in total. The van der Waals surface area contributed by atoms with Gasteiger partial charge in [-0.25, -0.2) is 41.9 Å². The Labute approximate surface area is 773 Å². The van der Waals surface area contributed by atoms with Crippen molar-refractivity contribution in [3.8, 4) is 44.5 Å². The lowest BCUT2D eigenvalue weighted by Gasteiger charge is -2.34. The van der Waals surface area contributed by atoms with E-state index in [1.54, 1.807) is 139 Å².